The number of carbonyl (C=O) groups excluding carboxylic acids is 1. The Labute approximate surface area is 118 Å². The van der Waals surface area contributed by atoms with Gasteiger partial charge in [-0.3, -0.25) is 9.48 Å². The summed E-state index contributed by atoms with van der Waals surface area (Å²) in [6.45, 7) is 8.08. The lowest BCUT2D eigenvalue weighted by Crippen LogP contribution is -2.55. The Morgan fingerprint density at radius 1 is 1.55 bits per heavy atom. The van der Waals surface area contributed by atoms with Crippen molar-refractivity contribution in [3.63, 3.8) is 0 Å². The standard InChI is InChI=1S/C13H23N5O2/c1-5-9-8-10(18(7-3)16-9)11(19)15-13(4,6-2)12(14)17-20/h8,20H,5-7H2,1-4H3,(H2,14,17)(H,15,19). The number of aryl methyl sites for hydroxylation is 2. The minimum Gasteiger partial charge on any atom is -0.409 e. The third-order valence-electron chi connectivity index (χ3n) is 3.49. The maximum absolute atomic E-state index is 12.4. The van der Waals surface area contributed by atoms with E-state index in [4.69, 9.17) is 10.9 Å². The number of nitrogens with zero attached hydrogens (tertiary/aromatic N) is 3. The lowest BCUT2D eigenvalue weighted by Gasteiger charge is -2.27. The van der Waals surface area contributed by atoms with E-state index in [0.29, 0.717) is 18.7 Å². The first kappa shape index (κ1) is 16.0. The van der Waals surface area contributed by atoms with Gasteiger partial charge in [0.2, 0.25) is 0 Å². The largest absolute Gasteiger partial charge is 0.409 e. The molecule has 0 bridgehead atoms. The second-order valence-corrected chi connectivity index (χ2v) is 4.82. The van der Waals surface area contributed by atoms with Crippen LogP contribution in [0.15, 0.2) is 11.2 Å². The number of nitrogens with two attached hydrogens (primary N) is 1. The van der Waals surface area contributed by atoms with Gasteiger partial charge in [0.15, 0.2) is 5.84 Å². The van der Waals surface area contributed by atoms with E-state index in [2.05, 4.69) is 15.6 Å². The predicted molar refractivity (Wildman–Crippen MR) is 76.9 cm³/mol. The van der Waals surface area contributed by atoms with Crippen LogP contribution in [-0.2, 0) is 13.0 Å². The molecule has 1 rings (SSSR count). The van der Waals surface area contributed by atoms with Crippen LogP contribution in [0.25, 0.3) is 0 Å². The Morgan fingerprint density at radius 2 is 2.20 bits per heavy atom. The highest BCUT2D eigenvalue weighted by Gasteiger charge is 2.31. The summed E-state index contributed by atoms with van der Waals surface area (Å²) in [6.07, 6.45) is 1.27. The number of hydrogen-bond donors (Lipinski definition) is 3. The summed E-state index contributed by atoms with van der Waals surface area (Å²) in [5.74, 6) is -0.304. The van der Waals surface area contributed by atoms with Crippen molar-refractivity contribution in [2.45, 2.75) is 52.6 Å². The van der Waals surface area contributed by atoms with Gasteiger partial charge in [-0.2, -0.15) is 5.10 Å². The molecule has 0 aliphatic heterocycles. The highest BCUT2D eigenvalue weighted by Crippen LogP contribution is 2.12. The van der Waals surface area contributed by atoms with Crippen LogP contribution in [-0.4, -0.2) is 32.3 Å². The topological polar surface area (TPSA) is 106 Å². The third-order valence-corrected chi connectivity index (χ3v) is 3.49. The van der Waals surface area contributed by atoms with Crippen molar-refractivity contribution in [3.8, 4) is 0 Å². The summed E-state index contributed by atoms with van der Waals surface area (Å²) < 4.78 is 1.65. The maximum atomic E-state index is 12.4. The average molecular weight is 281 g/mol. The summed E-state index contributed by atoms with van der Waals surface area (Å²) in [7, 11) is 0. The molecular formula is C13H23N5O2. The molecule has 1 amide bonds. The number of rotatable bonds is 6. The molecular weight excluding hydrogens is 258 g/mol. The molecule has 7 nitrogen and oxygen atoms in total. The molecule has 0 radical (unpaired) electrons. The summed E-state index contributed by atoms with van der Waals surface area (Å²) in [6, 6.07) is 1.77. The number of oxime groups is 1. The molecule has 0 saturated carbocycles. The molecule has 7 heteroatoms. The first-order valence-electron chi connectivity index (χ1n) is 6.79. The second-order valence-electron chi connectivity index (χ2n) is 4.82. The Bertz CT molecular complexity index is 509. The molecule has 0 fully saturated rings. The van der Waals surface area contributed by atoms with Crippen LogP contribution < -0.4 is 11.1 Å². The normalized spacial score (nSPS) is 14.9. The number of amides is 1. The molecule has 1 aromatic rings. The predicted octanol–water partition coefficient (Wildman–Crippen LogP) is 1.11. The quantitative estimate of drug-likeness (QED) is 0.314. The van der Waals surface area contributed by atoms with Gasteiger partial charge in [0.05, 0.1) is 11.2 Å². The smallest absolute Gasteiger partial charge is 0.270 e. The van der Waals surface area contributed by atoms with Crippen molar-refractivity contribution in [3.05, 3.63) is 17.5 Å². The van der Waals surface area contributed by atoms with E-state index in [-0.39, 0.29) is 11.7 Å². The molecule has 0 aromatic carbocycles. The molecule has 1 unspecified atom stereocenters. The van der Waals surface area contributed by atoms with Crippen molar-refractivity contribution in [1.82, 2.24) is 15.1 Å². The van der Waals surface area contributed by atoms with Gasteiger partial charge in [0.1, 0.15) is 5.69 Å². The summed E-state index contributed by atoms with van der Waals surface area (Å²) in [5.41, 5.74) is 6.11. The zero-order valence-corrected chi connectivity index (χ0v) is 12.5. The van der Waals surface area contributed by atoms with Gasteiger partial charge in [0.25, 0.3) is 5.91 Å². The van der Waals surface area contributed by atoms with Crippen LogP contribution in [0.4, 0.5) is 0 Å². The lowest BCUT2D eigenvalue weighted by atomic mass is 9.97. The third kappa shape index (κ3) is 3.09. The molecule has 0 aliphatic rings. The maximum Gasteiger partial charge on any atom is 0.270 e. The minimum absolute atomic E-state index is 0.0216. The van der Waals surface area contributed by atoms with E-state index in [9.17, 15) is 4.79 Å². The van der Waals surface area contributed by atoms with E-state index in [1.165, 1.54) is 0 Å². The van der Waals surface area contributed by atoms with Gasteiger partial charge in [0, 0.05) is 6.54 Å². The van der Waals surface area contributed by atoms with Crippen LogP contribution in [0, 0.1) is 0 Å². The molecule has 1 aromatic heterocycles. The molecule has 0 aliphatic carbocycles. The van der Waals surface area contributed by atoms with E-state index in [1.807, 2.05) is 20.8 Å². The number of amidine groups is 1. The van der Waals surface area contributed by atoms with E-state index in [0.717, 1.165) is 12.1 Å². The van der Waals surface area contributed by atoms with Crippen LogP contribution in [0.1, 0.15) is 50.3 Å². The Hall–Kier alpha value is -2.05. The van der Waals surface area contributed by atoms with Gasteiger partial charge >= 0.3 is 0 Å². The molecule has 112 valence electrons. The highest BCUT2D eigenvalue weighted by molar-refractivity contribution is 5.99. The molecule has 20 heavy (non-hydrogen) atoms. The summed E-state index contributed by atoms with van der Waals surface area (Å²) >= 11 is 0. The zero-order valence-electron chi connectivity index (χ0n) is 12.5. The van der Waals surface area contributed by atoms with Crippen molar-refractivity contribution >= 4 is 11.7 Å². The number of nitrogens with one attached hydrogen (secondary N) is 1. The van der Waals surface area contributed by atoms with Crippen LogP contribution in [0.5, 0.6) is 0 Å². The van der Waals surface area contributed by atoms with Gasteiger partial charge < -0.3 is 16.3 Å². The number of hydrogen-bond acceptors (Lipinski definition) is 4. The molecule has 1 heterocycles. The molecule has 1 atom stereocenters. The van der Waals surface area contributed by atoms with Gasteiger partial charge in [-0.25, -0.2) is 0 Å². The van der Waals surface area contributed by atoms with Gasteiger partial charge in [-0.05, 0) is 32.8 Å². The van der Waals surface area contributed by atoms with E-state index < -0.39 is 5.54 Å². The first-order chi connectivity index (χ1) is 9.41. The number of aromatic nitrogens is 2. The Balaban J connectivity index is 3.04. The first-order valence-corrected chi connectivity index (χ1v) is 6.79. The fourth-order valence-corrected chi connectivity index (χ4v) is 1.83. The summed E-state index contributed by atoms with van der Waals surface area (Å²) in [4.78, 5) is 12.4. The second kappa shape index (κ2) is 6.40. The molecule has 0 saturated heterocycles. The van der Waals surface area contributed by atoms with E-state index >= 15 is 0 Å². The van der Waals surface area contributed by atoms with Gasteiger partial charge in [-0.1, -0.05) is 19.0 Å². The number of carbonyl (C=O) groups is 1. The fourth-order valence-electron chi connectivity index (χ4n) is 1.83. The van der Waals surface area contributed by atoms with Crippen molar-refractivity contribution in [2.75, 3.05) is 0 Å². The zero-order chi connectivity index (χ0) is 15.3. The van der Waals surface area contributed by atoms with Gasteiger partial charge in [-0.15, -0.1) is 0 Å². The molecule has 4 N–H and O–H groups in total. The Morgan fingerprint density at radius 3 is 2.65 bits per heavy atom. The van der Waals surface area contributed by atoms with Crippen molar-refractivity contribution in [2.24, 2.45) is 10.9 Å². The lowest BCUT2D eigenvalue weighted by molar-refractivity contribution is 0.0914. The Kier molecular flexibility index (Phi) is 5.12. The van der Waals surface area contributed by atoms with Crippen molar-refractivity contribution < 1.29 is 10.0 Å². The van der Waals surface area contributed by atoms with Crippen LogP contribution >= 0.6 is 0 Å². The van der Waals surface area contributed by atoms with Crippen LogP contribution in [0.2, 0.25) is 0 Å². The minimum atomic E-state index is -0.888. The highest BCUT2D eigenvalue weighted by atomic mass is 16.4. The van der Waals surface area contributed by atoms with E-state index in [1.54, 1.807) is 17.7 Å². The fraction of sp³-hybridized carbons (Fsp3) is 0.615. The van der Waals surface area contributed by atoms with Crippen LogP contribution in [0.3, 0.4) is 0 Å². The average Bonchev–Trinajstić information content (AvgIpc) is 2.89. The van der Waals surface area contributed by atoms with Crippen molar-refractivity contribution in [1.29, 1.82) is 0 Å². The summed E-state index contributed by atoms with van der Waals surface area (Å²) in [5, 5.41) is 19.0. The monoisotopic (exact) mass is 281 g/mol. The molecule has 0 spiro atoms. The SMILES string of the molecule is CCc1cc(C(=O)NC(C)(CC)C(N)=NO)n(CC)n1.